The van der Waals surface area contributed by atoms with Crippen LogP contribution in [0.2, 0.25) is 5.02 Å². The average Bonchev–Trinajstić information content (AvgIpc) is 2.77. The Morgan fingerprint density at radius 2 is 1.53 bits per heavy atom. The lowest BCUT2D eigenvalue weighted by Gasteiger charge is -2.31. The second kappa shape index (κ2) is 12.9. The molecule has 7 nitrogen and oxygen atoms in total. The minimum absolute atomic E-state index is 0.0646. The third kappa shape index (κ3) is 9.08. The molecule has 2 aromatic carbocycles. The van der Waals surface area contributed by atoms with Gasteiger partial charge in [0.2, 0.25) is 21.8 Å². The van der Waals surface area contributed by atoms with Gasteiger partial charge in [0.15, 0.2) is 0 Å². The van der Waals surface area contributed by atoms with Crippen molar-refractivity contribution in [3.63, 3.8) is 0 Å². The van der Waals surface area contributed by atoms with Crippen LogP contribution in [0.5, 0.6) is 0 Å². The zero-order valence-electron chi connectivity index (χ0n) is 20.2. The van der Waals surface area contributed by atoms with Crippen molar-refractivity contribution in [2.24, 2.45) is 5.92 Å². The summed E-state index contributed by atoms with van der Waals surface area (Å²) in [5.74, 6) is -0.302. The Morgan fingerprint density at radius 3 is 2.09 bits per heavy atom. The molecular formula is C25H34ClN3O4S. The lowest BCUT2D eigenvalue weighted by atomic mass is 10.1. The fourth-order valence-corrected chi connectivity index (χ4v) is 4.17. The first-order chi connectivity index (χ1) is 16.0. The number of hydrogen-bond donors (Lipinski definition) is 1. The van der Waals surface area contributed by atoms with Gasteiger partial charge in [-0.15, -0.1) is 0 Å². The fraction of sp³-hybridized carbons (Fsp3) is 0.440. The van der Waals surface area contributed by atoms with Crippen LogP contribution < -0.4 is 5.32 Å². The standard InChI is InChI=1S/C25H34ClN3O4S/c1-19(2)14-15-27-25(31)20(3)29(17-22-10-12-23(26)13-11-22)24(30)18-28(34(4,32)33)16-21-8-6-5-7-9-21/h5-13,19-20H,14-18H2,1-4H3,(H,27,31)/t20-/m1/s1. The molecule has 0 aromatic heterocycles. The van der Waals surface area contributed by atoms with Crippen LogP contribution in [-0.2, 0) is 32.7 Å². The van der Waals surface area contributed by atoms with Crippen LogP contribution in [0.25, 0.3) is 0 Å². The molecule has 1 atom stereocenters. The zero-order valence-corrected chi connectivity index (χ0v) is 21.8. The second-order valence-corrected chi connectivity index (χ2v) is 11.2. The molecule has 0 saturated carbocycles. The van der Waals surface area contributed by atoms with Gasteiger partial charge in [0.25, 0.3) is 0 Å². The number of amides is 2. The van der Waals surface area contributed by atoms with Gasteiger partial charge >= 0.3 is 0 Å². The van der Waals surface area contributed by atoms with Crippen LogP contribution >= 0.6 is 11.6 Å². The smallest absolute Gasteiger partial charge is 0.242 e. The third-order valence-corrected chi connectivity index (χ3v) is 6.88. The molecule has 2 amide bonds. The Morgan fingerprint density at radius 1 is 0.941 bits per heavy atom. The molecule has 0 spiro atoms. The topological polar surface area (TPSA) is 86.8 Å². The van der Waals surface area contributed by atoms with Crippen LogP contribution in [-0.4, -0.2) is 54.8 Å². The van der Waals surface area contributed by atoms with Crippen molar-refractivity contribution in [3.8, 4) is 0 Å². The monoisotopic (exact) mass is 507 g/mol. The number of benzene rings is 2. The molecule has 0 aliphatic carbocycles. The van der Waals surface area contributed by atoms with Crippen molar-refractivity contribution < 1.29 is 18.0 Å². The molecule has 0 fully saturated rings. The van der Waals surface area contributed by atoms with Crippen molar-refractivity contribution >= 4 is 33.4 Å². The summed E-state index contributed by atoms with van der Waals surface area (Å²) in [5.41, 5.74) is 1.55. The van der Waals surface area contributed by atoms with Gasteiger partial charge in [-0.05, 0) is 42.5 Å². The molecule has 0 bridgehead atoms. The Kier molecular flexibility index (Phi) is 10.5. The van der Waals surface area contributed by atoms with E-state index in [0.717, 1.165) is 28.1 Å². The minimum Gasteiger partial charge on any atom is -0.354 e. The SMILES string of the molecule is CC(C)CCNC(=O)[C@@H](C)N(Cc1ccc(Cl)cc1)C(=O)CN(Cc1ccccc1)S(C)(=O)=O. The molecular weight excluding hydrogens is 474 g/mol. The van der Waals surface area contributed by atoms with Gasteiger partial charge in [-0.3, -0.25) is 9.59 Å². The summed E-state index contributed by atoms with van der Waals surface area (Å²) in [7, 11) is -3.67. The van der Waals surface area contributed by atoms with Crippen LogP contribution in [0, 0.1) is 5.92 Å². The maximum Gasteiger partial charge on any atom is 0.242 e. The van der Waals surface area contributed by atoms with E-state index in [0.29, 0.717) is 17.5 Å². The number of carbonyl (C=O) groups is 2. The summed E-state index contributed by atoms with van der Waals surface area (Å²) < 4.78 is 26.0. The third-order valence-electron chi connectivity index (χ3n) is 5.44. The lowest BCUT2D eigenvalue weighted by molar-refractivity contribution is -0.140. The number of carbonyl (C=O) groups excluding carboxylic acids is 2. The molecule has 2 rings (SSSR count). The maximum atomic E-state index is 13.4. The van der Waals surface area contributed by atoms with Crippen molar-refractivity contribution in [3.05, 3.63) is 70.7 Å². The number of sulfonamides is 1. The van der Waals surface area contributed by atoms with Crippen LogP contribution in [0.4, 0.5) is 0 Å². The van der Waals surface area contributed by atoms with Gasteiger partial charge in [-0.2, -0.15) is 4.31 Å². The number of rotatable bonds is 12. The molecule has 0 saturated heterocycles. The van der Waals surface area contributed by atoms with Gasteiger partial charge in [-0.25, -0.2) is 8.42 Å². The quantitative estimate of drug-likeness (QED) is 0.474. The molecule has 2 aromatic rings. The lowest BCUT2D eigenvalue weighted by Crippen LogP contribution is -2.51. The summed E-state index contributed by atoms with van der Waals surface area (Å²) >= 11 is 5.98. The van der Waals surface area contributed by atoms with Gasteiger partial charge in [0, 0.05) is 24.7 Å². The van der Waals surface area contributed by atoms with Crippen molar-refractivity contribution in [2.45, 2.75) is 46.3 Å². The first-order valence-electron chi connectivity index (χ1n) is 11.3. The van der Waals surface area contributed by atoms with E-state index in [2.05, 4.69) is 19.2 Å². The van der Waals surface area contributed by atoms with E-state index >= 15 is 0 Å². The Hall–Kier alpha value is -2.42. The van der Waals surface area contributed by atoms with Gasteiger partial charge in [-0.1, -0.05) is 67.9 Å². The van der Waals surface area contributed by atoms with Gasteiger partial charge in [0.05, 0.1) is 12.8 Å². The Labute approximate surface area is 208 Å². The van der Waals surface area contributed by atoms with E-state index in [1.54, 1.807) is 43.3 Å². The Balaban J connectivity index is 2.24. The first-order valence-corrected chi connectivity index (χ1v) is 13.5. The average molecular weight is 508 g/mol. The molecule has 0 aliphatic heterocycles. The number of nitrogens with zero attached hydrogens (tertiary/aromatic N) is 2. The largest absolute Gasteiger partial charge is 0.354 e. The summed E-state index contributed by atoms with van der Waals surface area (Å²) in [5, 5.41) is 3.44. The van der Waals surface area contributed by atoms with Crippen molar-refractivity contribution in [2.75, 3.05) is 19.3 Å². The summed E-state index contributed by atoms with van der Waals surface area (Å²) in [4.78, 5) is 27.6. The second-order valence-electron chi connectivity index (χ2n) is 8.81. The van der Waals surface area contributed by atoms with Crippen LogP contribution in [0.3, 0.4) is 0 Å². The molecule has 1 N–H and O–H groups in total. The number of hydrogen-bond acceptors (Lipinski definition) is 4. The van der Waals surface area contributed by atoms with E-state index in [9.17, 15) is 18.0 Å². The normalized spacial score (nSPS) is 12.6. The molecule has 0 radical (unpaired) electrons. The van der Waals surface area contributed by atoms with Gasteiger partial charge in [0.1, 0.15) is 6.04 Å². The van der Waals surface area contributed by atoms with Crippen LogP contribution in [0.1, 0.15) is 38.3 Å². The Bertz CT molecular complexity index is 1040. The van der Waals surface area contributed by atoms with Crippen LogP contribution in [0.15, 0.2) is 54.6 Å². The molecule has 0 heterocycles. The predicted molar refractivity (Wildman–Crippen MR) is 136 cm³/mol. The van der Waals surface area contributed by atoms with E-state index in [1.807, 2.05) is 18.2 Å². The fourth-order valence-electron chi connectivity index (χ4n) is 3.32. The summed E-state index contributed by atoms with van der Waals surface area (Å²) in [6, 6.07) is 15.3. The maximum absolute atomic E-state index is 13.4. The highest BCUT2D eigenvalue weighted by Gasteiger charge is 2.29. The highest BCUT2D eigenvalue weighted by atomic mass is 35.5. The summed E-state index contributed by atoms with van der Waals surface area (Å²) in [6.07, 6.45) is 1.90. The highest BCUT2D eigenvalue weighted by Crippen LogP contribution is 2.16. The predicted octanol–water partition coefficient (Wildman–Crippen LogP) is 3.68. The number of halogens is 1. The van der Waals surface area contributed by atoms with Gasteiger partial charge < -0.3 is 10.2 Å². The van der Waals surface area contributed by atoms with E-state index < -0.39 is 22.0 Å². The van der Waals surface area contributed by atoms with E-state index in [1.165, 1.54) is 4.90 Å². The zero-order chi connectivity index (χ0) is 25.3. The molecule has 9 heteroatoms. The molecule has 0 aliphatic rings. The van der Waals surface area contributed by atoms with Crippen molar-refractivity contribution in [1.29, 1.82) is 0 Å². The number of nitrogens with one attached hydrogen (secondary N) is 1. The molecule has 34 heavy (non-hydrogen) atoms. The first kappa shape index (κ1) is 27.8. The van der Waals surface area contributed by atoms with E-state index in [4.69, 9.17) is 11.6 Å². The molecule has 0 unspecified atom stereocenters. The van der Waals surface area contributed by atoms with E-state index in [-0.39, 0.29) is 25.5 Å². The molecule has 186 valence electrons. The van der Waals surface area contributed by atoms with Crippen molar-refractivity contribution in [1.82, 2.24) is 14.5 Å². The highest BCUT2D eigenvalue weighted by molar-refractivity contribution is 7.88. The summed E-state index contributed by atoms with van der Waals surface area (Å²) in [6.45, 7) is 6.14. The minimum atomic E-state index is -3.67.